The van der Waals surface area contributed by atoms with E-state index in [9.17, 15) is 9.59 Å². The highest BCUT2D eigenvalue weighted by Crippen LogP contribution is 2.07. The zero-order valence-electron chi connectivity index (χ0n) is 10.9. The van der Waals surface area contributed by atoms with Crippen LogP contribution in [0.25, 0.3) is 0 Å². The summed E-state index contributed by atoms with van der Waals surface area (Å²) >= 11 is 0. The van der Waals surface area contributed by atoms with E-state index in [1.54, 1.807) is 31.5 Å². The van der Waals surface area contributed by atoms with Crippen LogP contribution in [0.5, 0.6) is 0 Å². The summed E-state index contributed by atoms with van der Waals surface area (Å²) in [5.41, 5.74) is 0.869. The minimum atomic E-state index is -0.443. The third kappa shape index (κ3) is 4.20. The molecule has 2 aromatic heterocycles. The largest absolute Gasteiger partial charge is 0.360 e. The van der Waals surface area contributed by atoms with Crippen molar-refractivity contribution in [3.8, 4) is 0 Å². The Morgan fingerprint density at radius 2 is 2.20 bits per heavy atom. The van der Waals surface area contributed by atoms with Crippen LogP contribution in [0.2, 0.25) is 0 Å². The molecule has 0 saturated carbocycles. The van der Waals surface area contributed by atoms with Gasteiger partial charge in [0.25, 0.3) is 0 Å². The summed E-state index contributed by atoms with van der Waals surface area (Å²) in [4.78, 5) is 27.1. The van der Waals surface area contributed by atoms with Crippen molar-refractivity contribution >= 4 is 17.6 Å². The zero-order chi connectivity index (χ0) is 14.4. The van der Waals surface area contributed by atoms with E-state index in [4.69, 9.17) is 4.52 Å². The predicted molar refractivity (Wildman–Crippen MR) is 70.6 cm³/mol. The van der Waals surface area contributed by atoms with E-state index in [0.717, 1.165) is 5.56 Å². The fourth-order valence-corrected chi connectivity index (χ4v) is 1.52. The van der Waals surface area contributed by atoms with Crippen molar-refractivity contribution in [3.05, 3.63) is 41.9 Å². The maximum Gasteiger partial charge on any atom is 0.235 e. The molecule has 0 atom stereocenters. The Hall–Kier alpha value is -2.70. The molecule has 0 saturated heterocycles. The molecule has 0 spiro atoms. The minimum Gasteiger partial charge on any atom is -0.360 e. The van der Waals surface area contributed by atoms with Crippen LogP contribution in [0.3, 0.4) is 0 Å². The third-order valence-corrected chi connectivity index (χ3v) is 2.43. The summed E-state index contributed by atoms with van der Waals surface area (Å²) in [5, 5.41) is 8.72. The van der Waals surface area contributed by atoms with Crippen LogP contribution >= 0.6 is 0 Å². The van der Waals surface area contributed by atoms with Crippen LogP contribution in [0, 0.1) is 6.92 Å². The van der Waals surface area contributed by atoms with Gasteiger partial charge in [-0.25, -0.2) is 0 Å². The Labute approximate surface area is 115 Å². The molecule has 104 valence electrons. The number of hydrogen-bond donors (Lipinski definition) is 2. The van der Waals surface area contributed by atoms with Gasteiger partial charge in [-0.2, -0.15) is 0 Å². The molecule has 2 rings (SSSR count). The summed E-state index contributed by atoms with van der Waals surface area (Å²) in [5.74, 6) is 0.0717. The lowest BCUT2D eigenvalue weighted by Crippen LogP contribution is -2.27. The first kappa shape index (κ1) is 13.7. The molecule has 0 aliphatic carbocycles. The van der Waals surface area contributed by atoms with E-state index in [1.165, 1.54) is 0 Å². The highest BCUT2D eigenvalue weighted by Gasteiger charge is 2.11. The molecule has 2 aromatic rings. The molecule has 2 amide bonds. The van der Waals surface area contributed by atoms with Crippen molar-refractivity contribution in [1.82, 2.24) is 15.5 Å². The first-order chi connectivity index (χ1) is 9.63. The number of hydrogen-bond acceptors (Lipinski definition) is 5. The lowest BCUT2D eigenvalue weighted by molar-refractivity contribution is -0.126. The monoisotopic (exact) mass is 274 g/mol. The van der Waals surface area contributed by atoms with E-state index in [0.29, 0.717) is 18.1 Å². The molecule has 0 fully saturated rings. The number of carbonyl (C=O) groups excluding carboxylic acids is 2. The molecule has 0 radical (unpaired) electrons. The van der Waals surface area contributed by atoms with E-state index >= 15 is 0 Å². The maximum atomic E-state index is 11.6. The molecule has 20 heavy (non-hydrogen) atoms. The molecule has 0 aliphatic heterocycles. The number of carbonyl (C=O) groups is 2. The predicted octanol–water partition coefficient (Wildman–Crippen LogP) is 1.02. The minimum absolute atomic E-state index is 0.272. The Morgan fingerprint density at radius 1 is 1.35 bits per heavy atom. The van der Waals surface area contributed by atoms with Gasteiger partial charge in [0.05, 0.1) is 0 Å². The molecular formula is C13H14N4O3. The van der Waals surface area contributed by atoms with Gasteiger partial charge in [-0.3, -0.25) is 14.6 Å². The molecule has 0 unspecified atom stereocenters. The van der Waals surface area contributed by atoms with Crippen LogP contribution < -0.4 is 10.6 Å². The number of nitrogens with zero attached hydrogens (tertiary/aromatic N) is 2. The molecular weight excluding hydrogens is 260 g/mol. The zero-order valence-corrected chi connectivity index (χ0v) is 10.9. The number of amides is 2. The van der Waals surface area contributed by atoms with E-state index in [-0.39, 0.29) is 12.3 Å². The topological polar surface area (TPSA) is 97.1 Å². The van der Waals surface area contributed by atoms with Crippen molar-refractivity contribution in [2.75, 3.05) is 5.32 Å². The second-order valence-corrected chi connectivity index (χ2v) is 4.19. The highest BCUT2D eigenvalue weighted by molar-refractivity contribution is 6.03. The maximum absolute atomic E-state index is 11.6. The van der Waals surface area contributed by atoms with Gasteiger partial charge in [0.1, 0.15) is 12.2 Å². The van der Waals surface area contributed by atoms with E-state index in [1.807, 2.05) is 6.07 Å². The standard InChI is InChI=1S/C13H14N4O3/c1-9-5-11(17-20-9)16-13(19)6-12(18)15-8-10-3-2-4-14-7-10/h2-5,7H,6,8H2,1H3,(H,15,18)(H,16,17,19). The lowest BCUT2D eigenvalue weighted by atomic mass is 10.3. The first-order valence-electron chi connectivity index (χ1n) is 6.02. The van der Waals surface area contributed by atoms with E-state index in [2.05, 4.69) is 20.8 Å². The molecule has 7 heteroatoms. The SMILES string of the molecule is Cc1cc(NC(=O)CC(=O)NCc2cccnc2)no1. The summed E-state index contributed by atoms with van der Waals surface area (Å²) in [6.45, 7) is 2.05. The molecule has 2 N–H and O–H groups in total. The van der Waals surface area contributed by atoms with Crippen molar-refractivity contribution in [2.45, 2.75) is 19.9 Å². The van der Waals surface area contributed by atoms with E-state index < -0.39 is 5.91 Å². The van der Waals surface area contributed by atoms with Crippen LogP contribution in [0.1, 0.15) is 17.7 Å². The van der Waals surface area contributed by atoms with Crippen LogP contribution in [0.15, 0.2) is 35.1 Å². The highest BCUT2D eigenvalue weighted by atomic mass is 16.5. The smallest absolute Gasteiger partial charge is 0.235 e. The molecule has 0 bridgehead atoms. The normalized spacial score (nSPS) is 10.1. The lowest BCUT2D eigenvalue weighted by Gasteiger charge is -2.04. The fourth-order valence-electron chi connectivity index (χ4n) is 1.52. The Morgan fingerprint density at radius 3 is 2.85 bits per heavy atom. The van der Waals surface area contributed by atoms with Gasteiger partial charge >= 0.3 is 0 Å². The molecule has 7 nitrogen and oxygen atoms in total. The van der Waals surface area contributed by atoms with Crippen LogP contribution in [0.4, 0.5) is 5.82 Å². The first-order valence-corrected chi connectivity index (χ1v) is 6.02. The van der Waals surface area contributed by atoms with Gasteiger partial charge in [0.15, 0.2) is 5.82 Å². The summed E-state index contributed by atoms with van der Waals surface area (Å²) < 4.78 is 4.80. The number of pyridine rings is 1. The van der Waals surface area contributed by atoms with Crippen molar-refractivity contribution in [3.63, 3.8) is 0 Å². The number of aromatic nitrogens is 2. The van der Waals surface area contributed by atoms with Gasteiger partial charge < -0.3 is 15.2 Å². The number of rotatable bonds is 5. The quantitative estimate of drug-likeness (QED) is 0.793. The molecule has 0 aliphatic rings. The number of anilines is 1. The van der Waals surface area contributed by atoms with Gasteiger partial charge in [-0.1, -0.05) is 11.2 Å². The average Bonchev–Trinajstić information content (AvgIpc) is 2.83. The van der Waals surface area contributed by atoms with Crippen LogP contribution in [-0.4, -0.2) is 22.0 Å². The summed E-state index contributed by atoms with van der Waals surface area (Å²) in [6, 6.07) is 5.19. The fraction of sp³-hybridized carbons (Fsp3) is 0.231. The number of nitrogens with one attached hydrogen (secondary N) is 2. The van der Waals surface area contributed by atoms with Gasteiger partial charge in [0, 0.05) is 25.0 Å². The number of aryl methyl sites for hydroxylation is 1. The summed E-state index contributed by atoms with van der Waals surface area (Å²) in [6.07, 6.45) is 3.03. The Kier molecular flexibility index (Phi) is 4.43. The van der Waals surface area contributed by atoms with Crippen molar-refractivity contribution in [2.24, 2.45) is 0 Å². The molecule has 2 heterocycles. The molecule has 0 aromatic carbocycles. The third-order valence-electron chi connectivity index (χ3n) is 2.43. The van der Waals surface area contributed by atoms with Gasteiger partial charge in [0.2, 0.25) is 11.8 Å². The van der Waals surface area contributed by atoms with Gasteiger partial charge in [-0.15, -0.1) is 0 Å². The second-order valence-electron chi connectivity index (χ2n) is 4.19. The van der Waals surface area contributed by atoms with Crippen molar-refractivity contribution < 1.29 is 14.1 Å². The van der Waals surface area contributed by atoms with Gasteiger partial charge in [-0.05, 0) is 18.6 Å². The van der Waals surface area contributed by atoms with Crippen molar-refractivity contribution in [1.29, 1.82) is 0 Å². The summed E-state index contributed by atoms with van der Waals surface area (Å²) in [7, 11) is 0. The van der Waals surface area contributed by atoms with Crippen LogP contribution in [-0.2, 0) is 16.1 Å². The second kappa shape index (κ2) is 6.46. The Balaban J connectivity index is 1.75. The Bertz CT molecular complexity index is 595. The average molecular weight is 274 g/mol.